The Morgan fingerprint density at radius 1 is 1.42 bits per heavy atom. The van der Waals surface area contributed by atoms with Crippen molar-refractivity contribution in [2.75, 3.05) is 13.6 Å². The van der Waals surface area contributed by atoms with Gasteiger partial charge in [-0.05, 0) is 32.7 Å². The van der Waals surface area contributed by atoms with E-state index in [0.717, 1.165) is 19.4 Å². The van der Waals surface area contributed by atoms with Crippen molar-refractivity contribution in [3.8, 4) is 12.3 Å². The van der Waals surface area contributed by atoms with E-state index < -0.39 is 0 Å². The molecule has 0 aromatic carbocycles. The molecule has 68 valence electrons. The Balaban J connectivity index is 2.30. The van der Waals surface area contributed by atoms with E-state index in [0.29, 0.717) is 12.1 Å². The van der Waals surface area contributed by atoms with Gasteiger partial charge in [0.1, 0.15) is 0 Å². The van der Waals surface area contributed by atoms with Crippen molar-refractivity contribution in [1.82, 2.24) is 4.90 Å². The van der Waals surface area contributed by atoms with Crippen LogP contribution in [0.5, 0.6) is 0 Å². The van der Waals surface area contributed by atoms with Gasteiger partial charge in [0.15, 0.2) is 0 Å². The third kappa shape index (κ3) is 2.51. The third-order valence-corrected chi connectivity index (χ3v) is 2.71. The first-order valence-electron chi connectivity index (χ1n) is 4.63. The topological polar surface area (TPSA) is 29.3 Å². The summed E-state index contributed by atoms with van der Waals surface area (Å²) < 4.78 is 0. The molecule has 0 aromatic rings. The smallest absolute Gasteiger partial charge is 0.0598 e. The maximum Gasteiger partial charge on any atom is 0.0598 e. The summed E-state index contributed by atoms with van der Waals surface area (Å²) in [7, 11) is 2.10. The number of hydrogen-bond donors (Lipinski definition) is 1. The van der Waals surface area contributed by atoms with Crippen LogP contribution >= 0.6 is 0 Å². The number of terminal acetylenes is 1. The average molecular weight is 166 g/mol. The van der Waals surface area contributed by atoms with Gasteiger partial charge in [0.25, 0.3) is 0 Å². The highest BCUT2D eigenvalue weighted by atomic mass is 15.1. The Labute approximate surface area is 75.1 Å². The van der Waals surface area contributed by atoms with E-state index in [4.69, 9.17) is 12.2 Å². The quantitative estimate of drug-likeness (QED) is 0.615. The van der Waals surface area contributed by atoms with Crippen LogP contribution in [-0.2, 0) is 0 Å². The second-order valence-electron chi connectivity index (χ2n) is 3.69. The largest absolute Gasteiger partial charge is 0.328 e. The second-order valence-corrected chi connectivity index (χ2v) is 3.69. The maximum atomic E-state index is 5.81. The lowest BCUT2D eigenvalue weighted by atomic mass is 9.91. The summed E-state index contributed by atoms with van der Waals surface area (Å²) in [5.74, 6) is 2.67. The third-order valence-electron chi connectivity index (χ3n) is 2.71. The average Bonchev–Trinajstić information content (AvgIpc) is 2.06. The fraction of sp³-hybridized carbons (Fsp3) is 0.800. The van der Waals surface area contributed by atoms with E-state index in [2.05, 4.69) is 17.9 Å². The van der Waals surface area contributed by atoms with Crippen molar-refractivity contribution in [2.45, 2.75) is 37.8 Å². The molecule has 0 aromatic heterocycles. The van der Waals surface area contributed by atoms with Crippen molar-refractivity contribution < 1.29 is 0 Å². The molecule has 0 atom stereocenters. The second kappa shape index (κ2) is 4.49. The molecule has 0 aliphatic heterocycles. The normalized spacial score (nSPS) is 30.2. The predicted molar refractivity (Wildman–Crippen MR) is 51.7 cm³/mol. The standard InChI is InChI=1S/C10H18N2/c1-3-8-12(2)10-6-4-9(11)5-7-10/h1,9-10H,4-8,11H2,2H3. The molecule has 12 heavy (non-hydrogen) atoms. The summed E-state index contributed by atoms with van der Waals surface area (Å²) in [6, 6.07) is 1.10. The Bertz CT molecular complexity index is 163. The SMILES string of the molecule is C#CCN(C)C1CCC(N)CC1. The molecular formula is C10H18N2. The molecule has 2 heteroatoms. The highest BCUT2D eigenvalue weighted by Crippen LogP contribution is 2.20. The summed E-state index contributed by atoms with van der Waals surface area (Å²) in [5, 5.41) is 0. The molecule has 1 aliphatic rings. The van der Waals surface area contributed by atoms with Gasteiger partial charge < -0.3 is 5.73 Å². The number of rotatable bonds is 2. The molecule has 1 rings (SSSR count). The molecule has 0 bridgehead atoms. The van der Waals surface area contributed by atoms with Crippen LogP contribution in [0.3, 0.4) is 0 Å². The van der Waals surface area contributed by atoms with Gasteiger partial charge in [-0.25, -0.2) is 0 Å². The van der Waals surface area contributed by atoms with E-state index >= 15 is 0 Å². The van der Waals surface area contributed by atoms with Crippen LogP contribution in [0.4, 0.5) is 0 Å². The van der Waals surface area contributed by atoms with Crippen molar-refractivity contribution in [1.29, 1.82) is 0 Å². The van der Waals surface area contributed by atoms with Gasteiger partial charge in [-0.3, -0.25) is 4.90 Å². The summed E-state index contributed by atoms with van der Waals surface area (Å²) in [6.45, 7) is 0.764. The van der Waals surface area contributed by atoms with Crippen LogP contribution in [-0.4, -0.2) is 30.6 Å². The van der Waals surface area contributed by atoms with Crippen molar-refractivity contribution in [3.05, 3.63) is 0 Å². The highest BCUT2D eigenvalue weighted by molar-refractivity contribution is 4.90. The van der Waals surface area contributed by atoms with E-state index in [1.54, 1.807) is 0 Å². The van der Waals surface area contributed by atoms with Crippen molar-refractivity contribution in [2.24, 2.45) is 5.73 Å². The minimum Gasteiger partial charge on any atom is -0.328 e. The molecule has 0 heterocycles. The monoisotopic (exact) mass is 166 g/mol. The van der Waals surface area contributed by atoms with Gasteiger partial charge in [-0.15, -0.1) is 6.42 Å². The van der Waals surface area contributed by atoms with Crippen LogP contribution in [0, 0.1) is 12.3 Å². The number of hydrogen-bond acceptors (Lipinski definition) is 2. The number of nitrogens with two attached hydrogens (primary N) is 1. The lowest BCUT2D eigenvalue weighted by Crippen LogP contribution is -2.38. The van der Waals surface area contributed by atoms with E-state index in [1.807, 2.05) is 0 Å². The van der Waals surface area contributed by atoms with Gasteiger partial charge in [0.2, 0.25) is 0 Å². The molecular weight excluding hydrogens is 148 g/mol. The first kappa shape index (κ1) is 9.57. The Morgan fingerprint density at radius 2 is 2.00 bits per heavy atom. The minimum atomic E-state index is 0.431. The molecule has 1 saturated carbocycles. The summed E-state index contributed by atoms with van der Waals surface area (Å²) >= 11 is 0. The molecule has 0 radical (unpaired) electrons. The van der Waals surface area contributed by atoms with Gasteiger partial charge in [0.05, 0.1) is 6.54 Å². The van der Waals surface area contributed by atoms with Crippen LogP contribution in [0.2, 0.25) is 0 Å². The Kier molecular flexibility index (Phi) is 3.58. The van der Waals surface area contributed by atoms with Gasteiger partial charge in [-0.2, -0.15) is 0 Å². The van der Waals surface area contributed by atoms with Crippen LogP contribution in [0.25, 0.3) is 0 Å². The van der Waals surface area contributed by atoms with E-state index in [-0.39, 0.29) is 0 Å². The van der Waals surface area contributed by atoms with E-state index in [1.165, 1.54) is 12.8 Å². The first-order chi connectivity index (χ1) is 5.74. The highest BCUT2D eigenvalue weighted by Gasteiger charge is 2.20. The molecule has 1 aliphatic carbocycles. The maximum absolute atomic E-state index is 5.81. The van der Waals surface area contributed by atoms with Crippen LogP contribution < -0.4 is 5.73 Å². The molecule has 2 N–H and O–H groups in total. The summed E-state index contributed by atoms with van der Waals surface area (Å²) in [6.07, 6.45) is 9.97. The Morgan fingerprint density at radius 3 is 2.50 bits per heavy atom. The van der Waals surface area contributed by atoms with Crippen molar-refractivity contribution >= 4 is 0 Å². The van der Waals surface area contributed by atoms with Crippen LogP contribution in [0.15, 0.2) is 0 Å². The van der Waals surface area contributed by atoms with Gasteiger partial charge in [-0.1, -0.05) is 5.92 Å². The molecule has 1 fully saturated rings. The number of nitrogens with zero attached hydrogens (tertiary/aromatic N) is 1. The summed E-state index contributed by atoms with van der Waals surface area (Å²) in [5.41, 5.74) is 5.81. The fourth-order valence-corrected chi connectivity index (χ4v) is 1.82. The van der Waals surface area contributed by atoms with Gasteiger partial charge in [0, 0.05) is 12.1 Å². The van der Waals surface area contributed by atoms with Crippen LogP contribution in [0.1, 0.15) is 25.7 Å². The molecule has 0 amide bonds. The zero-order valence-corrected chi connectivity index (χ0v) is 7.79. The van der Waals surface area contributed by atoms with Crippen molar-refractivity contribution in [3.63, 3.8) is 0 Å². The fourth-order valence-electron chi connectivity index (χ4n) is 1.82. The van der Waals surface area contributed by atoms with Gasteiger partial charge >= 0.3 is 0 Å². The molecule has 0 unspecified atom stereocenters. The molecule has 2 nitrogen and oxygen atoms in total. The first-order valence-corrected chi connectivity index (χ1v) is 4.63. The lowest BCUT2D eigenvalue weighted by Gasteiger charge is -2.32. The zero-order valence-electron chi connectivity index (χ0n) is 7.79. The minimum absolute atomic E-state index is 0.431. The Hall–Kier alpha value is -0.520. The molecule has 0 saturated heterocycles. The van der Waals surface area contributed by atoms with E-state index in [9.17, 15) is 0 Å². The zero-order chi connectivity index (χ0) is 8.97. The summed E-state index contributed by atoms with van der Waals surface area (Å²) in [4.78, 5) is 2.26. The predicted octanol–water partition coefficient (Wildman–Crippen LogP) is 0.821. The molecule has 0 spiro atoms. The lowest BCUT2D eigenvalue weighted by molar-refractivity contribution is 0.201.